The maximum Gasteiger partial charge on any atom is 0.148 e. The first-order valence-electron chi connectivity index (χ1n) is 7.93. The number of hydrogen-bond acceptors (Lipinski definition) is 5. The second kappa shape index (κ2) is 6.18. The van der Waals surface area contributed by atoms with Gasteiger partial charge in [-0.1, -0.05) is 27.7 Å². The number of hydrogen-bond donors (Lipinski definition) is 2. The number of nitrogens with two attached hydrogens (primary N) is 1. The topological polar surface area (TPSA) is 67.1 Å². The third-order valence-corrected chi connectivity index (χ3v) is 4.24. The Hall–Kier alpha value is -1.36. The van der Waals surface area contributed by atoms with Gasteiger partial charge in [-0.15, -0.1) is 0 Å². The quantitative estimate of drug-likeness (QED) is 0.647. The van der Waals surface area contributed by atoms with Gasteiger partial charge in [-0.3, -0.25) is 0 Å². The molecule has 3 N–H and O–H groups in total. The minimum absolute atomic E-state index is 0.0901. The van der Waals surface area contributed by atoms with Crippen molar-refractivity contribution in [3.8, 4) is 0 Å². The second-order valence-corrected chi connectivity index (χ2v) is 7.26. The molecule has 21 heavy (non-hydrogen) atoms. The van der Waals surface area contributed by atoms with E-state index in [-0.39, 0.29) is 5.41 Å². The van der Waals surface area contributed by atoms with Crippen LogP contribution in [0.15, 0.2) is 0 Å². The Morgan fingerprint density at radius 2 is 1.90 bits per heavy atom. The molecule has 1 aromatic heterocycles. The van der Waals surface area contributed by atoms with Crippen LogP contribution in [0.4, 0.5) is 11.6 Å². The van der Waals surface area contributed by atoms with Crippen LogP contribution in [0.5, 0.6) is 0 Å². The molecule has 0 saturated carbocycles. The lowest BCUT2D eigenvalue weighted by Gasteiger charge is -2.27. The highest BCUT2D eigenvalue weighted by atomic mass is 15.3. The van der Waals surface area contributed by atoms with Crippen LogP contribution in [0.1, 0.15) is 58.3 Å². The van der Waals surface area contributed by atoms with Crippen molar-refractivity contribution in [2.75, 3.05) is 23.4 Å². The van der Waals surface area contributed by atoms with Gasteiger partial charge in [0.1, 0.15) is 17.5 Å². The van der Waals surface area contributed by atoms with Gasteiger partial charge in [-0.25, -0.2) is 15.8 Å². The van der Waals surface area contributed by atoms with E-state index in [2.05, 4.69) is 43.0 Å². The summed E-state index contributed by atoms with van der Waals surface area (Å²) in [7, 11) is 0. The normalized spacial score (nSPS) is 20.3. The van der Waals surface area contributed by atoms with Crippen LogP contribution in [-0.2, 0) is 5.41 Å². The van der Waals surface area contributed by atoms with Gasteiger partial charge in [0, 0.05) is 24.1 Å². The molecule has 2 rings (SSSR count). The number of nitrogens with zero attached hydrogens (tertiary/aromatic N) is 3. The van der Waals surface area contributed by atoms with Crippen LogP contribution in [0.3, 0.4) is 0 Å². The molecule has 0 aliphatic carbocycles. The third-order valence-electron chi connectivity index (χ3n) is 4.24. The van der Waals surface area contributed by atoms with Crippen molar-refractivity contribution in [3.05, 3.63) is 11.4 Å². The van der Waals surface area contributed by atoms with E-state index >= 15 is 0 Å². The van der Waals surface area contributed by atoms with Gasteiger partial charge < -0.3 is 10.3 Å². The van der Waals surface area contributed by atoms with Crippen molar-refractivity contribution < 1.29 is 0 Å². The first kappa shape index (κ1) is 16.0. The van der Waals surface area contributed by atoms with Crippen molar-refractivity contribution in [2.24, 2.45) is 11.8 Å². The number of aromatic nitrogens is 2. The fourth-order valence-corrected chi connectivity index (χ4v) is 2.76. The van der Waals surface area contributed by atoms with E-state index in [4.69, 9.17) is 10.8 Å². The number of anilines is 2. The number of nitrogens with one attached hydrogen (secondary N) is 1. The minimum Gasteiger partial charge on any atom is -0.356 e. The summed E-state index contributed by atoms with van der Waals surface area (Å²) in [4.78, 5) is 11.8. The van der Waals surface area contributed by atoms with Crippen LogP contribution in [0.2, 0.25) is 0 Å². The molecule has 5 heteroatoms. The lowest BCUT2D eigenvalue weighted by Crippen LogP contribution is -2.29. The van der Waals surface area contributed by atoms with Gasteiger partial charge in [-0.2, -0.15) is 0 Å². The lowest BCUT2D eigenvalue weighted by molar-refractivity contribution is 0.520. The van der Waals surface area contributed by atoms with E-state index in [1.807, 2.05) is 6.92 Å². The molecule has 0 spiro atoms. The predicted octanol–water partition coefficient (Wildman–Crippen LogP) is 2.99. The summed E-state index contributed by atoms with van der Waals surface area (Å²) in [5.74, 6) is 9.07. The van der Waals surface area contributed by atoms with Gasteiger partial charge in [0.05, 0.1) is 0 Å². The Balaban J connectivity index is 2.41. The molecular weight excluding hydrogens is 262 g/mol. The molecule has 1 fully saturated rings. The van der Waals surface area contributed by atoms with Gasteiger partial charge in [0.15, 0.2) is 0 Å². The van der Waals surface area contributed by atoms with Crippen LogP contribution >= 0.6 is 0 Å². The van der Waals surface area contributed by atoms with E-state index in [9.17, 15) is 0 Å². The molecule has 0 amide bonds. The fourth-order valence-electron chi connectivity index (χ4n) is 2.76. The third kappa shape index (κ3) is 3.64. The maximum absolute atomic E-state index is 5.66. The first-order valence-corrected chi connectivity index (χ1v) is 7.93. The molecule has 1 unspecified atom stereocenters. The molecular formula is C16H29N5. The molecule has 0 aromatic carbocycles. The summed E-state index contributed by atoms with van der Waals surface area (Å²) in [6.45, 7) is 12.9. The van der Waals surface area contributed by atoms with Gasteiger partial charge in [0.25, 0.3) is 0 Å². The summed E-state index contributed by atoms with van der Waals surface area (Å²) in [6.07, 6.45) is 3.75. The molecule has 0 radical (unpaired) electrons. The Bertz CT molecular complexity index is 492. The highest BCUT2D eigenvalue weighted by Crippen LogP contribution is 2.30. The molecule has 118 valence electrons. The fraction of sp³-hybridized carbons (Fsp3) is 0.750. The summed E-state index contributed by atoms with van der Waals surface area (Å²) >= 11 is 0. The monoisotopic (exact) mass is 291 g/mol. The average Bonchev–Trinajstić information content (AvgIpc) is 2.62. The largest absolute Gasteiger partial charge is 0.356 e. The van der Waals surface area contributed by atoms with Crippen molar-refractivity contribution in [1.82, 2.24) is 9.97 Å². The van der Waals surface area contributed by atoms with Crippen LogP contribution < -0.4 is 16.2 Å². The van der Waals surface area contributed by atoms with Crippen molar-refractivity contribution in [2.45, 2.75) is 59.3 Å². The number of nitrogen functional groups attached to an aromatic ring is 1. The molecule has 0 bridgehead atoms. The molecule has 1 aliphatic rings. The molecule has 1 atom stereocenters. The van der Waals surface area contributed by atoms with Gasteiger partial charge >= 0.3 is 0 Å². The first-order chi connectivity index (χ1) is 9.82. The molecule has 2 heterocycles. The van der Waals surface area contributed by atoms with E-state index in [0.29, 0.717) is 0 Å². The highest BCUT2D eigenvalue weighted by molar-refractivity contribution is 5.58. The Morgan fingerprint density at radius 1 is 1.19 bits per heavy atom. The lowest BCUT2D eigenvalue weighted by atomic mass is 9.95. The predicted molar refractivity (Wildman–Crippen MR) is 88.5 cm³/mol. The zero-order valence-electron chi connectivity index (χ0n) is 14.0. The molecule has 5 nitrogen and oxygen atoms in total. The van der Waals surface area contributed by atoms with E-state index in [0.717, 1.165) is 42.0 Å². The van der Waals surface area contributed by atoms with Crippen LogP contribution in [-0.4, -0.2) is 23.1 Å². The summed E-state index contributed by atoms with van der Waals surface area (Å²) in [5.41, 5.74) is 3.69. The second-order valence-electron chi connectivity index (χ2n) is 7.26. The van der Waals surface area contributed by atoms with Crippen molar-refractivity contribution in [3.63, 3.8) is 0 Å². The Morgan fingerprint density at radius 3 is 2.52 bits per heavy atom. The van der Waals surface area contributed by atoms with E-state index in [1.165, 1.54) is 19.3 Å². The molecule has 1 aromatic rings. The van der Waals surface area contributed by atoms with E-state index < -0.39 is 0 Å². The Labute approximate surface area is 128 Å². The summed E-state index contributed by atoms with van der Waals surface area (Å²) in [5, 5.41) is 0. The van der Waals surface area contributed by atoms with Crippen LogP contribution in [0, 0.1) is 12.8 Å². The number of rotatable bonds is 2. The number of hydrazine groups is 1. The minimum atomic E-state index is -0.0901. The van der Waals surface area contributed by atoms with Gasteiger partial charge in [-0.05, 0) is 32.1 Å². The smallest absolute Gasteiger partial charge is 0.148 e. The van der Waals surface area contributed by atoms with Crippen molar-refractivity contribution in [1.29, 1.82) is 0 Å². The molecule has 1 aliphatic heterocycles. The zero-order valence-corrected chi connectivity index (χ0v) is 14.0. The van der Waals surface area contributed by atoms with Crippen molar-refractivity contribution >= 4 is 11.6 Å². The summed E-state index contributed by atoms with van der Waals surface area (Å²) < 4.78 is 0. The standard InChI is InChI=1S/C16H29N5/c1-11-7-6-9-21(10-8-11)14-12(2)13(20-17)18-15(19-14)16(3,4)5/h11H,6-10,17H2,1-5H3,(H,18,19,20). The highest BCUT2D eigenvalue weighted by Gasteiger charge is 2.24. The molecule has 1 saturated heterocycles. The zero-order chi connectivity index (χ0) is 15.6. The van der Waals surface area contributed by atoms with Gasteiger partial charge in [0.2, 0.25) is 0 Å². The maximum atomic E-state index is 5.66. The average molecular weight is 291 g/mol. The SMILES string of the molecule is Cc1c(NN)nc(C(C)(C)C)nc1N1CCCC(C)CC1. The Kier molecular flexibility index (Phi) is 4.71. The van der Waals surface area contributed by atoms with Crippen LogP contribution in [0.25, 0.3) is 0 Å². The van der Waals surface area contributed by atoms with E-state index in [1.54, 1.807) is 0 Å². The summed E-state index contributed by atoms with van der Waals surface area (Å²) in [6, 6.07) is 0.